The van der Waals surface area contributed by atoms with Crippen molar-refractivity contribution in [1.29, 1.82) is 0 Å². The first-order valence-electron chi connectivity index (χ1n) is 6.57. The van der Waals surface area contributed by atoms with Gasteiger partial charge in [0.15, 0.2) is 11.5 Å². The molecule has 0 saturated heterocycles. The molecule has 1 N–H and O–H groups in total. The Kier molecular flexibility index (Phi) is 9.55. The van der Waals surface area contributed by atoms with E-state index in [0.717, 1.165) is 0 Å². The summed E-state index contributed by atoms with van der Waals surface area (Å²) in [4.78, 5) is 0. The first kappa shape index (κ1) is 19.2. The predicted octanol–water partition coefficient (Wildman–Crippen LogP) is 0.433. The maximum absolute atomic E-state index is 10.1. The number of phenols is 1. The van der Waals surface area contributed by atoms with Crippen molar-refractivity contribution >= 4 is 0 Å². The van der Waals surface area contributed by atoms with Gasteiger partial charge >= 0.3 is 29.6 Å². The van der Waals surface area contributed by atoms with Crippen LogP contribution < -0.4 is 43.8 Å². The van der Waals surface area contributed by atoms with Gasteiger partial charge in [-0.05, 0) is 27.2 Å². The average Bonchev–Trinajstić information content (AvgIpc) is 2.38. The zero-order valence-electron chi connectivity index (χ0n) is 13.9. The summed E-state index contributed by atoms with van der Waals surface area (Å²) in [6.07, 6.45) is 2.22. The van der Waals surface area contributed by atoms with Gasteiger partial charge in [-0.3, -0.25) is 0 Å². The summed E-state index contributed by atoms with van der Waals surface area (Å²) in [5, 5.41) is 10.1. The van der Waals surface area contributed by atoms with E-state index in [1.54, 1.807) is 12.1 Å². The van der Waals surface area contributed by atoms with E-state index in [1.807, 2.05) is 20.8 Å². The summed E-state index contributed by atoms with van der Waals surface area (Å²) >= 11 is 0. The summed E-state index contributed by atoms with van der Waals surface area (Å²) in [5.74, 6) is 1.71. The molecular weight excluding hydrogens is 267 g/mol. The Morgan fingerprint density at radius 2 is 1.65 bits per heavy atom. The van der Waals surface area contributed by atoms with E-state index in [4.69, 9.17) is 14.2 Å². The summed E-state index contributed by atoms with van der Waals surface area (Å²) in [6.45, 7) is 10.8. The Morgan fingerprint density at radius 3 is 2.15 bits per heavy atom. The van der Waals surface area contributed by atoms with Gasteiger partial charge in [0.1, 0.15) is 5.75 Å². The third-order valence-corrected chi connectivity index (χ3v) is 2.51. The van der Waals surface area contributed by atoms with E-state index in [0.29, 0.717) is 49.1 Å². The Bertz CT molecular complexity index is 438. The SMILES string of the molecule is C=CCc1c(O)cc(OCC)c(OCC)c1OCC.[H-].[Na+]. The van der Waals surface area contributed by atoms with Gasteiger partial charge in [-0.2, -0.15) is 0 Å². The Balaban J connectivity index is 0. The molecule has 0 spiro atoms. The molecule has 1 rings (SSSR count). The van der Waals surface area contributed by atoms with Crippen LogP contribution in [0.1, 0.15) is 27.8 Å². The first-order chi connectivity index (χ1) is 9.19. The van der Waals surface area contributed by atoms with E-state index in [9.17, 15) is 5.11 Å². The fourth-order valence-corrected chi connectivity index (χ4v) is 1.82. The molecule has 1 aromatic rings. The van der Waals surface area contributed by atoms with Crippen LogP contribution in [0.25, 0.3) is 0 Å². The van der Waals surface area contributed by atoms with E-state index in [1.165, 1.54) is 0 Å². The van der Waals surface area contributed by atoms with Crippen LogP contribution in [-0.4, -0.2) is 24.9 Å². The van der Waals surface area contributed by atoms with Crippen molar-refractivity contribution in [3.63, 3.8) is 0 Å². The van der Waals surface area contributed by atoms with Crippen molar-refractivity contribution in [1.82, 2.24) is 0 Å². The van der Waals surface area contributed by atoms with Crippen molar-refractivity contribution in [3.8, 4) is 23.0 Å². The van der Waals surface area contributed by atoms with E-state index >= 15 is 0 Å². The number of rotatable bonds is 8. The summed E-state index contributed by atoms with van der Waals surface area (Å²) in [6, 6.07) is 1.57. The second-order valence-corrected chi connectivity index (χ2v) is 3.82. The Morgan fingerprint density at radius 1 is 1.10 bits per heavy atom. The molecule has 0 aliphatic heterocycles. The molecule has 0 aliphatic carbocycles. The molecule has 0 aromatic heterocycles. The van der Waals surface area contributed by atoms with Gasteiger partial charge in [0.05, 0.1) is 19.8 Å². The van der Waals surface area contributed by atoms with E-state index < -0.39 is 0 Å². The standard InChI is InChI=1S/C15H22O4.Na.H/c1-5-9-11-12(16)10-13(17-6-2)15(19-8-4)14(11)18-7-3;;/h5,10,16H,1,6-9H2,2-4H3;;/q;+1;-1. The summed E-state index contributed by atoms with van der Waals surface area (Å²) < 4.78 is 16.7. The summed E-state index contributed by atoms with van der Waals surface area (Å²) in [5.41, 5.74) is 0.670. The zero-order chi connectivity index (χ0) is 14.3. The molecule has 20 heavy (non-hydrogen) atoms. The van der Waals surface area contributed by atoms with Crippen molar-refractivity contribution in [2.75, 3.05) is 19.8 Å². The largest absolute Gasteiger partial charge is 1.00 e. The predicted molar refractivity (Wildman–Crippen MR) is 76.6 cm³/mol. The number of phenolic OH excluding ortho intramolecular Hbond substituents is 1. The smallest absolute Gasteiger partial charge is 1.00 e. The van der Waals surface area contributed by atoms with Gasteiger partial charge in [-0.15, -0.1) is 6.58 Å². The van der Waals surface area contributed by atoms with Gasteiger partial charge in [0.25, 0.3) is 0 Å². The maximum atomic E-state index is 10.1. The van der Waals surface area contributed by atoms with Gasteiger partial charge < -0.3 is 20.7 Å². The molecule has 0 fully saturated rings. The quantitative estimate of drug-likeness (QED) is 0.557. The number of benzene rings is 1. The van der Waals surface area contributed by atoms with Crippen molar-refractivity contribution in [3.05, 3.63) is 24.3 Å². The topological polar surface area (TPSA) is 47.9 Å². The molecule has 0 atom stereocenters. The van der Waals surface area contributed by atoms with Gasteiger partial charge in [-0.1, -0.05) is 6.08 Å². The minimum Gasteiger partial charge on any atom is -1.00 e. The third kappa shape index (κ3) is 4.62. The number of hydrogen-bond donors (Lipinski definition) is 1. The fourth-order valence-electron chi connectivity index (χ4n) is 1.82. The van der Waals surface area contributed by atoms with Crippen LogP contribution in [0.2, 0.25) is 0 Å². The van der Waals surface area contributed by atoms with Crippen LogP contribution in [0, 0.1) is 0 Å². The molecule has 0 amide bonds. The first-order valence-corrected chi connectivity index (χ1v) is 6.57. The van der Waals surface area contributed by atoms with Crippen LogP contribution in [0.4, 0.5) is 0 Å². The van der Waals surface area contributed by atoms with Crippen LogP contribution in [0.3, 0.4) is 0 Å². The van der Waals surface area contributed by atoms with Crippen LogP contribution >= 0.6 is 0 Å². The Hall–Kier alpha value is -0.840. The maximum Gasteiger partial charge on any atom is 1.00 e. The van der Waals surface area contributed by atoms with Gasteiger partial charge in [0.2, 0.25) is 5.75 Å². The number of ether oxygens (including phenoxy) is 3. The van der Waals surface area contributed by atoms with E-state index in [-0.39, 0.29) is 36.7 Å². The number of hydrogen-bond acceptors (Lipinski definition) is 4. The molecule has 0 aliphatic rings. The molecule has 0 saturated carbocycles. The summed E-state index contributed by atoms with van der Waals surface area (Å²) in [7, 11) is 0. The van der Waals surface area contributed by atoms with Crippen LogP contribution in [0.15, 0.2) is 18.7 Å². The van der Waals surface area contributed by atoms with Gasteiger partial charge in [-0.25, -0.2) is 0 Å². The molecule has 5 heteroatoms. The molecule has 0 unspecified atom stereocenters. The van der Waals surface area contributed by atoms with E-state index in [2.05, 4.69) is 6.58 Å². The average molecular weight is 290 g/mol. The third-order valence-electron chi connectivity index (χ3n) is 2.51. The van der Waals surface area contributed by atoms with Crippen molar-refractivity contribution < 1.29 is 50.3 Å². The molecular formula is C15H23NaO4. The van der Waals surface area contributed by atoms with Crippen molar-refractivity contribution in [2.45, 2.75) is 27.2 Å². The molecule has 108 valence electrons. The molecule has 0 radical (unpaired) electrons. The molecule has 4 nitrogen and oxygen atoms in total. The van der Waals surface area contributed by atoms with Crippen molar-refractivity contribution in [2.24, 2.45) is 0 Å². The second-order valence-electron chi connectivity index (χ2n) is 3.82. The normalized spacial score (nSPS) is 9.55. The molecule has 0 heterocycles. The number of aromatic hydroxyl groups is 1. The molecule has 0 bridgehead atoms. The zero-order valence-corrected chi connectivity index (χ0v) is 14.9. The Labute approximate surface area is 144 Å². The number of allylic oxidation sites excluding steroid dienone is 1. The van der Waals surface area contributed by atoms with Crippen LogP contribution in [-0.2, 0) is 6.42 Å². The monoisotopic (exact) mass is 290 g/mol. The van der Waals surface area contributed by atoms with Gasteiger partial charge in [0, 0.05) is 11.6 Å². The minimum atomic E-state index is 0. The molecule has 1 aromatic carbocycles. The second kappa shape index (κ2) is 9.97. The fraction of sp³-hybridized carbons (Fsp3) is 0.467. The van der Waals surface area contributed by atoms with Crippen LogP contribution in [0.5, 0.6) is 23.0 Å². The minimum absolute atomic E-state index is 0.